The van der Waals surface area contributed by atoms with E-state index >= 15 is 0 Å². The lowest BCUT2D eigenvalue weighted by molar-refractivity contribution is 0.122. The van der Waals surface area contributed by atoms with Crippen LogP contribution in [-0.2, 0) is 16.9 Å². The number of rotatable bonds is 7. The van der Waals surface area contributed by atoms with E-state index in [2.05, 4.69) is 55.8 Å². The van der Waals surface area contributed by atoms with Crippen molar-refractivity contribution in [2.75, 3.05) is 31.2 Å². The minimum Gasteiger partial charge on any atom is -0.444 e. The number of hydrogen-bond acceptors (Lipinski definition) is 7. The molecule has 0 saturated carbocycles. The van der Waals surface area contributed by atoms with Gasteiger partial charge in [-0.3, -0.25) is 4.57 Å². The molecule has 1 fully saturated rings. The van der Waals surface area contributed by atoms with Crippen LogP contribution in [0.5, 0.6) is 0 Å². The molecule has 0 amide bonds. The summed E-state index contributed by atoms with van der Waals surface area (Å²) in [6, 6.07) is 18.5. The number of morpholine rings is 1. The van der Waals surface area contributed by atoms with E-state index in [9.17, 15) is 0 Å². The molecule has 0 atom stereocenters. The van der Waals surface area contributed by atoms with Gasteiger partial charge in [-0.05, 0) is 36.2 Å². The zero-order valence-corrected chi connectivity index (χ0v) is 18.8. The van der Waals surface area contributed by atoms with E-state index in [1.807, 2.05) is 30.3 Å². The number of oxazole rings is 1. The molecular weight excluding hydrogens is 422 g/mol. The molecular formula is C24H25N5O2S. The van der Waals surface area contributed by atoms with Crippen molar-refractivity contribution in [2.24, 2.45) is 0 Å². The van der Waals surface area contributed by atoms with E-state index < -0.39 is 0 Å². The third kappa shape index (κ3) is 4.42. The van der Waals surface area contributed by atoms with Gasteiger partial charge in [-0.2, -0.15) is 0 Å². The van der Waals surface area contributed by atoms with Crippen molar-refractivity contribution in [1.82, 2.24) is 19.7 Å². The van der Waals surface area contributed by atoms with Crippen molar-refractivity contribution in [3.05, 3.63) is 72.1 Å². The second kappa shape index (κ2) is 9.58. The summed E-state index contributed by atoms with van der Waals surface area (Å²) >= 11 is 1.61. The molecule has 164 valence electrons. The topological polar surface area (TPSA) is 69.2 Å². The second-order valence-corrected chi connectivity index (χ2v) is 8.48. The molecule has 8 heteroatoms. The maximum Gasteiger partial charge on any atom is 0.232 e. The third-order valence-corrected chi connectivity index (χ3v) is 6.37. The van der Waals surface area contributed by atoms with Crippen LogP contribution in [0.15, 0.2) is 70.4 Å². The minimum atomic E-state index is 0.632. The van der Waals surface area contributed by atoms with Gasteiger partial charge in [0.25, 0.3) is 0 Å². The lowest BCUT2D eigenvalue weighted by Gasteiger charge is -2.28. The van der Waals surface area contributed by atoms with Crippen molar-refractivity contribution in [2.45, 2.75) is 24.3 Å². The fourth-order valence-corrected chi connectivity index (χ4v) is 4.51. The van der Waals surface area contributed by atoms with Crippen LogP contribution in [0.1, 0.15) is 18.2 Å². The Hall–Kier alpha value is -3.10. The molecule has 3 heterocycles. The number of hydrogen-bond donors (Lipinski definition) is 0. The standard InChI is InChI=1S/C24H25N5O2S/c1-2-18-7-6-10-21(15-18)29-23(28-11-13-30-14-12-28)26-27-24(29)32-17-20-16-31-22(25-20)19-8-4-3-5-9-19/h3-10,15-16H,2,11-14,17H2,1H3. The van der Waals surface area contributed by atoms with Crippen molar-refractivity contribution in [3.8, 4) is 17.1 Å². The average Bonchev–Trinajstić information content (AvgIpc) is 3.51. The molecule has 5 rings (SSSR count). The van der Waals surface area contributed by atoms with Gasteiger partial charge >= 0.3 is 0 Å². The van der Waals surface area contributed by atoms with Crippen LogP contribution in [0.2, 0.25) is 0 Å². The van der Waals surface area contributed by atoms with Gasteiger partial charge in [0.1, 0.15) is 6.26 Å². The normalized spacial score (nSPS) is 14.1. The SMILES string of the molecule is CCc1cccc(-n2c(SCc3coc(-c4ccccc4)n3)nnc2N2CCOCC2)c1. The summed E-state index contributed by atoms with van der Waals surface area (Å²) in [6.45, 7) is 5.18. The highest BCUT2D eigenvalue weighted by molar-refractivity contribution is 7.98. The first-order valence-electron chi connectivity index (χ1n) is 10.8. The number of benzene rings is 2. The summed E-state index contributed by atoms with van der Waals surface area (Å²) in [5.74, 6) is 2.13. The maximum atomic E-state index is 5.70. The Morgan fingerprint density at radius 2 is 1.84 bits per heavy atom. The molecule has 0 unspecified atom stereocenters. The highest BCUT2D eigenvalue weighted by Gasteiger charge is 2.22. The lowest BCUT2D eigenvalue weighted by atomic mass is 10.1. The van der Waals surface area contributed by atoms with Gasteiger partial charge in [0.05, 0.1) is 24.6 Å². The zero-order chi connectivity index (χ0) is 21.8. The molecule has 0 radical (unpaired) electrons. The highest BCUT2D eigenvalue weighted by Crippen LogP contribution is 2.30. The van der Waals surface area contributed by atoms with Gasteiger partial charge in [0, 0.05) is 24.4 Å². The van der Waals surface area contributed by atoms with Gasteiger partial charge in [-0.25, -0.2) is 4.98 Å². The summed E-state index contributed by atoms with van der Waals surface area (Å²) < 4.78 is 13.4. The van der Waals surface area contributed by atoms with Crippen LogP contribution >= 0.6 is 11.8 Å². The molecule has 32 heavy (non-hydrogen) atoms. The van der Waals surface area contributed by atoms with E-state index in [0.29, 0.717) is 24.9 Å². The number of anilines is 1. The monoisotopic (exact) mass is 447 g/mol. The summed E-state index contributed by atoms with van der Waals surface area (Å²) in [5.41, 5.74) is 4.20. The van der Waals surface area contributed by atoms with Crippen molar-refractivity contribution < 1.29 is 9.15 Å². The summed E-state index contributed by atoms with van der Waals surface area (Å²) in [4.78, 5) is 6.89. The van der Waals surface area contributed by atoms with Gasteiger partial charge in [0.2, 0.25) is 11.8 Å². The van der Waals surface area contributed by atoms with E-state index in [0.717, 1.165) is 47.6 Å². The fourth-order valence-electron chi connectivity index (χ4n) is 3.69. The largest absolute Gasteiger partial charge is 0.444 e. The molecule has 1 aliphatic heterocycles. The van der Waals surface area contributed by atoms with E-state index in [4.69, 9.17) is 9.15 Å². The molecule has 7 nitrogen and oxygen atoms in total. The van der Waals surface area contributed by atoms with Gasteiger partial charge < -0.3 is 14.1 Å². The molecule has 0 N–H and O–H groups in total. The first-order chi connectivity index (χ1) is 15.8. The molecule has 0 spiro atoms. The number of aromatic nitrogens is 4. The maximum absolute atomic E-state index is 5.70. The quantitative estimate of drug-likeness (QED) is 0.383. The van der Waals surface area contributed by atoms with Crippen LogP contribution in [0.25, 0.3) is 17.1 Å². The Morgan fingerprint density at radius 1 is 1.00 bits per heavy atom. The number of aryl methyl sites for hydroxylation is 1. The van der Waals surface area contributed by atoms with Crippen LogP contribution in [0.3, 0.4) is 0 Å². The minimum absolute atomic E-state index is 0.632. The van der Waals surface area contributed by atoms with Gasteiger partial charge in [0.15, 0.2) is 5.16 Å². The van der Waals surface area contributed by atoms with Crippen LogP contribution < -0.4 is 4.90 Å². The molecule has 1 aliphatic rings. The van der Waals surface area contributed by atoms with Crippen molar-refractivity contribution in [3.63, 3.8) is 0 Å². The van der Waals surface area contributed by atoms with Crippen molar-refractivity contribution >= 4 is 17.7 Å². The highest BCUT2D eigenvalue weighted by atomic mass is 32.2. The average molecular weight is 448 g/mol. The Morgan fingerprint density at radius 3 is 2.66 bits per heavy atom. The molecule has 1 saturated heterocycles. The second-order valence-electron chi connectivity index (χ2n) is 7.54. The third-order valence-electron chi connectivity index (χ3n) is 5.41. The Labute approximate surface area is 191 Å². The van der Waals surface area contributed by atoms with Crippen LogP contribution in [0, 0.1) is 0 Å². The van der Waals surface area contributed by atoms with E-state index in [-0.39, 0.29) is 0 Å². The van der Waals surface area contributed by atoms with Crippen molar-refractivity contribution in [1.29, 1.82) is 0 Å². The van der Waals surface area contributed by atoms with Crippen LogP contribution in [0.4, 0.5) is 5.95 Å². The number of nitrogens with zero attached hydrogens (tertiary/aromatic N) is 5. The predicted molar refractivity (Wildman–Crippen MR) is 125 cm³/mol. The first-order valence-corrected chi connectivity index (χ1v) is 11.8. The summed E-state index contributed by atoms with van der Waals surface area (Å²) in [7, 11) is 0. The number of ether oxygens (including phenoxy) is 1. The molecule has 2 aromatic carbocycles. The van der Waals surface area contributed by atoms with Gasteiger partial charge in [-0.1, -0.05) is 49.0 Å². The molecule has 4 aromatic rings. The fraction of sp³-hybridized carbons (Fsp3) is 0.292. The van der Waals surface area contributed by atoms with E-state index in [1.54, 1.807) is 18.0 Å². The van der Waals surface area contributed by atoms with Crippen LogP contribution in [-0.4, -0.2) is 46.1 Å². The first kappa shape index (κ1) is 20.8. The smallest absolute Gasteiger partial charge is 0.232 e. The Kier molecular flexibility index (Phi) is 6.22. The summed E-state index contributed by atoms with van der Waals surface area (Å²) in [6.07, 6.45) is 2.70. The molecule has 2 aromatic heterocycles. The summed E-state index contributed by atoms with van der Waals surface area (Å²) in [5, 5.41) is 9.93. The molecule has 0 aliphatic carbocycles. The van der Waals surface area contributed by atoms with E-state index in [1.165, 1.54) is 5.56 Å². The van der Waals surface area contributed by atoms with Gasteiger partial charge in [-0.15, -0.1) is 10.2 Å². The lowest BCUT2D eigenvalue weighted by Crippen LogP contribution is -2.37. The number of thioether (sulfide) groups is 1. The molecule has 0 bridgehead atoms. The zero-order valence-electron chi connectivity index (χ0n) is 18.0. The Balaban J connectivity index is 1.42. The predicted octanol–water partition coefficient (Wildman–Crippen LogP) is 4.61. The Bertz CT molecular complexity index is 1170.